The molecule has 0 amide bonds. The molecule has 4 nitrogen and oxygen atoms in total. The Labute approximate surface area is 93.9 Å². The summed E-state index contributed by atoms with van der Waals surface area (Å²) in [6.45, 7) is 1.52. The number of carboxylic acids is 1. The molecule has 1 N–H and O–H groups in total. The molecule has 0 bridgehead atoms. The minimum atomic E-state index is -0.957. The lowest BCUT2D eigenvalue weighted by Gasteiger charge is -2.05. The van der Waals surface area contributed by atoms with Gasteiger partial charge in [-0.3, -0.25) is 9.59 Å². The number of methoxy groups -OCH3 is 1. The van der Waals surface area contributed by atoms with Gasteiger partial charge in [-0.25, -0.2) is 0 Å². The second-order valence-corrected chi connectivity index (χ2v) is 3.60. The molecule has 0 saturated heterocycles. The summed E-state index contributed by atoms with van der Waals surface area (Å²) in [6.07, 6.45) is 0.0155. The van der Waals surface area contributed by atoms with Crippen LogP contribution >= 0.6 is 0 Å². The minimum Gasteiger partial charge on any atom is -0.497 e. The molecule has 0 heterocycles. The fourth-order valence-electron chi connectivity index (χ4n) is 1.26. The lowest BCUT2D eigenvalue weighted by atomic mass is 10.00. The molecular weight excluding hydrogens is 208 g/mol. The summed E-state index contributed by atoms with van der Waals surface area (Å²) in [5.41, 5.74) is 0.508. The standard InChI is InChI=1S/C12H14O4/c1-8(12(14)15)7-11(13)9-3-5-10(16-2)6-4-9/h3-6,8H,7H2,1-2H3,(H,14,15)/t8-/m1/s1. The Morgan fingerprint density at radius 1 is 1.31 bits per heavy atom. The second-order valence-electron chi connectivity index (χ2n) is 3.60. The van der Waals surface area contributed by atoms with Crippen molar-refractivity contribution in [3.63, 3.8) is 0 Å². The molecule has 1 atom stereocenters. The summed E-state index contributed by atoms with van der Waals surface area (Å²) in [7, 11) is 1.54. The number of carboxylic acid groups (broad SMARTS) is 1. The number of benzene rings is 1. The average molecular weight is 222 g/mol. The van der Waals surface area contributed by atoms with Gasteiger partial charge in [0, 0.05) is 12.0 Å². The summed E-state index contributed by atoms with van der Waals surface area (Å²) in [4.78, 5) is 22.2. The van der Waals surface area contributed by atoms with E-state index >= 15 is 0 Å². The second kappa shape index (κ2) is 5.30. The Hall–Kier alpha value is -1.84. The molecule has 1 aromatic rings. The van der Waals surface area contributed by atoms with Crippen LogP contribution in [0.3, 0.4) is 0 Å². The van der Waals surface area contributed by atoms with Crippen molar-refractivity contribution in [1.29, 1.82) is 0 Å². The van der Waals surface area contributed by atoms with Crippen LogP contribution in [0.5, 0.6) is 5.75 Å². The van der Waals surface area contributed by atoms with Gasteiger partial charge in [-0.15, -0.1) is 0 Å². The lowest BCUT2D eigenvalue weighted by molar-refractivity contribution is -0.141. The van der Waals surface area contributed by atoms with Gasteiger partial charge in [0.2, 0.25) is 0 Å². The first-order chi connectivity index (χ1) is 7.54. The van der Waals surface area contributed by atoms with Crippen molar-refractivity contribution < 1.29 is 19.4 Å². The van der Waals surface area contributed by atoms with Crippen molar-refractivity contribution in [3.8, 4) is 5.75 Å². The Kier molecular flexibility index (Phi) is 4.05. The van der Waals surface area contributed by atoms with Crippen LogP contribution in [0.1, 0.15) is 23.7 Å². The highest BCUT2D eigenvalue weighted by Crippen LogP contribution is 2.14. The maximum atomic E-state index is 11.7. The van der Waals surface area contributed by atoms with E-state index in [4.69, 9.17) is 9.84 Å². The molecule has 1 aromatic carbocycles. The molecule has 0 aromatic heterocycles. The molecule has 16 heavy (non-hydrogen) atoms. The number of carbonyl (C=O) groups excluding carboxylic acids is 1. The summed E-state index contributed by atoms with van der Waals surface area (Å²) >= 11 is 0. The zero-order valence-electron chi connectivity index (χ0n) is 9.27. The Bertz CT molecular complexity index is 381. The Morgan fingerprint density at radius 2 is 1.88 bits per heavy atom. The van der Waals surface area contributed by atoms with Crippen LogP contribution in [0.4, 0.5) is 0 Å². The van der Waals surface area contributed by atoms with Crippen LogP contribution in [-0.2, 0) is 4.79 Å². The quantitative estimate of drug-likeness (QED) is 0.774. The molecule has 0 unspecified atom stereocenters. The molecule has 0 spiro atoms. The fraction of sp³-hybridized carbons (Fsp3) is 0.333. The third-order valence-corrected chi connectivity index (χ3v) is 2.33. The predicted molar refractivity (Wildman–Crippen MR) is 58.7 cm³/mol. The van der Waals surface area contributed by atoms with Gasteiger partial charge in [0.25, 0.3) is 0 Å². The van der Waals surface area contributed by atoms with Crippen molar-refractivity contribution >= 4 is 11.8 Å². The molecular formula is C12H14O4. The first-order valence-corrected chi connectivity index (χ1v) is 4.94. The van der Waals surface area contributed by atoms with E-state index < -0.39 is 11.9 Å². The molecule has 0 aliphatic rings. The van der Waals surface area contributed by atoms with Gasteiger partial charge in [0.05, 0.1) is 13.0 Å². The summed E-state index contributed by atoms with van der Waals surface area (Å²) in [5, 5.41) is 8.69. The molecule has 0 aliphatic heterocycles. The van der Waals surface area contributed by atoms with E-state index in [-0.39, 0.29) is 12.2 Å². The van der Waals surface area contributed by atoms with Gasteiger partial charge in [0.1, 0.15) is 5.75 Å². The number of aliphatic carboxylic acids is 1. The predicted octanol–water partition coefficient (Wildman–Crippen LogP) is 1.99. The molecule has 0 radical (unpaired) electrons. The number of ketones is 1. The SMILES string of the molecule is COc1ccc(C(=O)C[C@@H](C)C(=O)O)cc1. The molecule has 86 valence electrons. The van der Waals surface area contributed by atoms with Crippen LogP contribution < -0.4 is 4.74 Å². The van der Waals surface area contributed by atoms with E-state index in [1.165, 1.54) is 6.92 Å². The van der Waals surface area contributed by atoms with Crippen LogP contribution in [0.2, 0.25) is 0 Å². The summed E-state index contributed by atoms with van der Waals surface area (Å²) < 4.78 is 4.96. The first-order valence-electron chi connectivity index (χ1n) is 4.94. The van der Waals surface area contributed by atoms with Crippen molar-refractivity contribution in [2.45, 2.75) is 13.3 Å². The van der Waals surface area contributed by atoms with Crippen molar-refractivity contribution in [1.82, 2.24) is 0 Å². The van der Waals surface area contributed by atoms with Crippen LogP contribution in [0.25, 0.3) is 0 Å². The average Bonchev–Trinajstić information content (AvgIpc) is 2.28. The van der Waals surface area contributed by atoms with E-state index in [9.17, 15) is 9.59 Å². The van der Waals surface area contributed by atoms with Crippen LogP contribution in [-0.4, -0.2) is 24.0 Å². The van der Waals surface area contributed by atoms with Gasteiger partial charge in [-0.1, -0.05) is 6.92 Å². The lowest BCUT2D eigenvalue weighted by Crippen LogP contribution is -2.14. The van der Waals surface area contributed by atoms with Crippen LogP contribution in [0.15, 0.2) is 24.3 Å². The zero-order chi connectivity index (χ0) is 12.1. The maximum Gasteiger partial charge on any atom is 0.306 e. The normalized spacial score (nSPS) is 11.9. The number of ether oxygens (including phenoxy) is 1. The summed E-state index contributed by atoms with van der Waals surface area (Å²) in [5.74, 6) is -1.11. The van der Waals surface area contributed by atoms with E-state index in [1.807, 2.05) is 0 Å². The Morgan fingerprint density at radius 3 is 2.31 bits per heavy atom. The largest absolute Gasteiger partial charge is 0.497 e. The highest BCUT2D eigenvalue weighted by Gasteiger charge is 2.16. The maximum absolute atomic E-state index is 11.7. The molecule has 0 aliphatic carbocycles. The van der Waals surface area contributed by atoms with E-state index in [2.05, 4.69) is 0 Å². The van der Waals surface area contributed by atoms with Crippen LogP contribution in [0, 0.1) is 5.92 Å². The van der Waals surface area contributed by atoms with E-state index in [1.54, 1.807) is 31.4 Å². The molecule has 1 rings (SSSR count). The van der Waals surface area contributed by atoms with Crippen molar-refractivity contribution in [2.75, 3.05) is 7.11 Å². The summed E-state index contributed by atoms with van der Waals surface area (Å²) in [6, 6.07) is 6.63. The molecule has 0 fully saturated rings. The van der Waals surface area contributed by atoms with Gasteiger partial charge in [-0.2, -0.15) is 0 Å². The van der Waals surface area contributed by atoms with Gasteiger partial charge < -0.3 is 9.84 Å². The van der Waals surface area contributed by atoms with E-state index in [0.29, 0.717) is 11.3 Å². The monoisotopic (exact) mass is 222 g/mol. The number of Topliss-reactive ketones (excluding diaryl/α,β-unsaturated/α-hetero) is 1. The van der Waals surface area contributed by atoms with Gasteiger partial charge in [-0.05, 0) is 24.3 Å². The topological polar surface area (TPSA) is 63.6 Å². The van der Waals surface area contributed by atoms with E-state index in [0.717, 1.165) is 0 Å². The van der Waals surface area contributed by atoms with Gasteiger partial charge in [0.15, 0.2) is 5.78 Å². The number of rotatable bonds is 5. The third kappa shape index (κ3) is 3.08. The van der Waals surface area contributed by atoms with Crippen molar-refractivity contribution in [2.24, 2.45) is 5.92 Å². The molecule has 4 heteroatoms. The highest BCUT2D eigenvalue weighted by molar-refractivity contribution is 5.97. The van der Waals surface area contributed by atoms with Gasteiger partial charge >= 0.3 is 5.97 Å². The number of carbonyl (C=O) groups is 2. The molecule has 0 saturated carbocycles. The number of hydrogen-bond donors (Lipinski definition) is 1. The minimum absolute atomic E-state index is 0.0155. The van der Waals surface area contributed by atoms with Crippen molar-refractivity contribution in [3.05, 3.63) is 29.8 Å². The first kappa shape index (κ1) is 12.2. The zero-order valence-corrected chi connectivity index (χ0v) is 9.27. The third-order valence-electron chi connectivity index (χ3n) is 2.33. The smallest absolute Gasteiger partial charge is 0.306 e. The Balaban J connectivity index is 2.69. The fourth-order valence-corrected chi connectivity index (χ4v) is 1.26. The number of hydrogen-bond acceptors (Lipinski definition) is 3. The highest BCUT2D eigenvalue weighted by atomic mass is 16.5.